The maximum atomic E-state index is 11.6. The first-order valence-electron chi connectivity index (χ1n) is 5.87. The molecular weight excluding hydrogens is 282 g/mol. The third kappa shape index (κ3) is 4.10. The third-order valence-electron chi connectivity index (χ3n) is 2.37. The van der Waals surface area contributed by atoms with E-state index in [0.717, 1.165) is 0 Å². The van der Waals surface area contributed by atoms with Gasteiger partial charge >= 0.3 is 5.69 Å². The normalized spacial score (nSPS) is 10.1. The van der Waals surface area contributed by atoms with Crippen LogP contribution in [0.15, 0.2) is 41.3 Å². The summed E-state index contributed by atoms with van der Waals surface area (Å²) in [7, 11) is 0. The van der Waals surface area contributed by atoms with E-state index in [0.29, 0.717) is 16.6 Å². The molecule has 0 fully saturated rings. The average molecular weight is 294 g/mol. The van der Waals surface area contributed by atoms with Crippen LogP contribution in [0.4, 0.5) is 5.82 Å². The zero-order valence-corrected chi connectivity index (χ0v) is 11.2. The Morgan fingerprint density at radius 2 is 2.15 bits per heavy atom. The van der Waals surface area contributed by atoms with Crippen molar-refractivity contribution in [1.82, 2.24) is 9.97 Å². The molecule has 0 saturated carbocycles. The topological polar surface area (TPSA) is 84.1 Å². The lowest BCUT2D eigenvalue weighted by atomic mass is 10.3. The van der Waals surface area contributed by atoms with Crippen LogP contribution in [0, 0.1) is 0 Å². The van der Waals surface area contributed by atoms with Crippen LogP contribution in [0.1, 0.15) is 6.42 Å². The fourth-order valence-corrected chi connectivity index (χ4v) is 1.66. The van der Waals surface area contributed by atoms with Crippen LogP contribution in [-0.4, -0.2) is 22.5 Å². The highest BCUT2D eigenvalue weighted by Crippen LogP contribution is 2.23. The Bertz CT molecular complexity index is 657. The van der Waals surface area contributed by atoms with Crippen molar-refractivity contribution in [2.24, 2.45) is 0 Å². The molecule has 1 heterocycles. The molecule has 6 nitrogen and oxygen atoms in total. The van der Waals surface area contributed by atoms with Crippen molar-refractivity contribution < 1.29 is 9.53 Å². The number of amides is 1. The minimum atomic E-state index is -0.518. The summed E-state index contributed by atoms with van der Waals surface area (Å²) in [6, 6.07) is 8.51. The average Bonchev–Trinajstić information content (AvgIpc) is 2.41. The number of aromatic amines is 1. The molecule has 1 amide bonds. The number of carbonyl (C=O) groups excluding carboxylic acids is 1. The Labute approximate surface area is 119 Å². The molecule has 7 heteroatoms. The Kier molecular flexibility index (Phi) is 4.73. The van der Waals surface area contributed by atoms with Crippen LogP contribution < -0.4 is 15.7 Å². The van der Waals surface area contributed by atoms with Crippen LogP contribution in [0.3, 0.4) is 0 Å². The highest BCUT2D eigenvalue weighted by Gasteiger charge is 2.05. The summed E-state index contributed by atoms with van der Waals surface area (Å²) in [4.78, 5) is 28.4. The number of para-hydroxylation sites is 1. The molecule has 104 valence electrons. The summed E-state index contributed by atoms with van der Waals surface area (Å²) >= 11 is 5.91. The van der Waals surface area contributed by atoms with Crippen LogP contribution in [-0.2, 0) is 4.79 Å². The SMILES string of the molecule is O=C(CCOc1ccccc1Cl)Nc1ccnc(=O)[nH]1. The Balaban J connectivity index is 1.81. The molecule has 2 rings (SSSR count). The molecular formula is C13H12ClN3O3. The van der Waals surface area contributed by atoms with E-state index in [1.807, 2.05) is 0 Å². The van der Waals surface area contributed by atoms with Gasteiger partial charge in [0.05, 0.1) is 18.1 Å². The molecule has 0 aliphatic heterocycles. The van der Waals surface area contributed by atoms with Crippen molar-refractivity contribution in [3.8, 4) is 5.75 Å². The lowest BCUT2D eigenvalue weighted by Gasteiger charge is -2.08. The van der Waals surface area contributed by atoms with Gasteiger partial charge in [-0.3, -0.25) is 9.78 Å². The first kappa shape index (κ1) is 14.1. The van der Waals surface area contributed by atoms with Gasteiger partial charge in [-0.05, 0) is 18.2 Å². The maximum Gasteiger partial charge on any atom is 0.346 e. The molecule has 0 aliphatic rings. The van der Waals surface area contributed by atoms with Gasteiger partial charge in [0.15, 0.2) is 0 Å². The highest BCUT2D eigenvalue weighted by atomic mass is 35.5. The second kappa shape index (κ2) is 6.72. The first-order chi connectivity index (χ1) is 9.65. The van der Waals surface area contributed by atoms with Gasteiger partial charge in [0.2, 0.25) is 5.91 Å². The van der Waals surface area contributed by atoms with Gasteiger partial charge in [0.1, 0.15) is 11.6 Å². The molecule has 0 aliphatic carbocycles. The van der Waals surface area contributed by atoms with Crippen LogP contribution in [0.5, 0.6) is 5.75 Å². The van der Waals surface area contributed by atoms with Crippen molar-refractivity contribution >= 4 is 23.3 Å². The molecule has 2 aromatic rings. The number of nitrogens with zero attached hydrogens (tertiary/aromatic N) is 1. The number of anilines is 1. The summed E-state index contributed by atoms with van der Waals surface area (Å²) in [6.45, 7) is 0.185. The molecule has 2 N–H and O–H groups in total. The number of H-pyrrole nitrogens is 1. The molecule has 0 radical (unpaired) electrons. The number of ether oxygens (including phenoxy) is 1. The van der Waals surface area contributed by atoms with Gasteiger partial charge in [0.25, 0.3) is 0 Å². The summed E-state index contributed by atoms with van der Waals surface area (Å²) < 4.78 is 5.39. The van der Waals surface area contributed by atoms with Crippen molar-refractivity contribution in [3.63, 3.8) is 0 Å². The largest absolute Gasteiger partial charge is 0.491 e. The van der Waals surface area contributed by atoms with Crippen molar-refractivity contribution in [2.75, 3.05) is 11.9 Å². The second-order valence-electron chi connectivity index (χ2n) is 3.87. The number of hydrogen-bond donors (Lipinski definition) is 2. The summed E-state index contributed by atoms with van der Waals surface area (Å²) in [6.07, 6.45) is 1.45. The molecule has 1 aromatic heterocycles. The van der Waals surface area contributed by atoms with E-state index in [9.17, 15) is 9.59 Å². The Hall–Kier alpha value is -2.34. The second-order valence-corrected chi connectivity index (χ2v) is 4.27. The van der Waals surface area contributed by atoms with Crippen LogP contribution >= 0.6 is 11.6 Å². The van der Waals surface area contributed by atoms with Gasteiger partial charge in [-0.1, -0.05) is 23.7 Å². The summed E-state index contributed by atoms with van der Waals surface area (Å²) in [5.41, 5.74) is -0.518. The predicted molar refractivity (Wildman–Crippen MR) is 75.1 cm³/mol. The molecule has 0 saturated heterocycles. The number of halogens is 1. The first-order valence-corrected chi connectivity index (χ1v) is 6.25. The highest BCUT2D eigenvalue weighted by molar-refractivity contribution is 6.32. The summed E-state index contributed by atoms with van der Waals surface area (Å²) in [5, 5.41) is 3.03. The Morgan fingerprint density at radius 1 is 1.35 bits per heavy atom. The predicted octanol–water partition coefficient (Wildman–Crippen LogP) is 1.83. The van der Waals surface area contributed by atoms with Gasteiger partial charge in [-0.25, -0.2) is 9.78 Å². The monoisotopic (exact) mass is 293 g/mol. The molecule has 20 heavy (non-hydrogen) atoms. The molecule has 0 unspecified atom stereocenters. The maximum absolute atomic E-state index is 11.6. The van der Waals surface area contributed by atoms with E-state index in [1.54, 1.807) is 24.3 Å². The molecule has 1 aromatic carbocycles. The van der Waals surface area contributed by atoms with E-state index in [2.05, 4.69) is 15.3 Å². The quantitative estimate of drug-likeness (QED) is 0.881. The third-order valence-corrected chi connectivity index (χ3v) is 2.68. The number of rotatable bonds is 5. The zero-order valence-electron chi connectivity index (χ0n) is 10.4. The van der Waals surface area contributed by atoms with E-state index in [1.165, 1.54) is 12.3 Å². The number of aromatic nitrogens is 2. The molecule has 0 atom stereocenters. The molecule has 0 bridgehead atoms. The smallest absolute Gasteiger partial charge is 0.346 e. The van der Waals surface area contributed by atoms with Gasteiger partial charge in [0, 0.05) is 6.20 Å². The van der Waals surface area contributed by atoms with Gasteiger partial charge in [-0.2, -0.15) is 0 Å². The summed E-state index contributed by atoms with van der Waals surface area (Å²) in [5.74, 6) is 0.547. The van der Waals surface area contributed by atoms with Crippen molar-refractivity contribution in [3.05, 3.63) is 52.0 Å². The van der Waals surface area contributed by atoms with Crippen molar-refractivity contribution in [1.29, 1.82) is 0 Å². The van der Waals surface area contributed by atoms with Crippen molar-refractivity contribution in [2.45, 2.75) is 6.42 Å². The van der Waals surface area contributed by atoms with Gasteiger partial charge in [-0.15, -0.1) is 0 Å². The zero-order chi connectivity index (χ0) is 14.4. The number of carbonyl (C=O) groups is 1. The molecule has 0 spiro atoms. The standard InChI is InChI=1S/C13H12ClN3O3/c14-9-3-1-2-4-10(9)20-8-6-12(18)16-11-5-7-15-13(19)17-11/h1-5,7H,6,8H2,(H2,15,16,17,18,19). The van der Waals surface area contributed by atoms with E-state index in [-0.39, 0.29) is 18.9 Å². The lowest BCUT2D eigenvalue weighted by molar-refractivity contribution is -0.116. The minimum absolute atomic E-state index is 0.135. The van der Waals surface area contributed by atoms with Crippen LogP contribution in [0.25, 0.3) is 0 Å². The van der Waals surface area contributed by atoms with Gasteiger partial charge < -0.3 is 10.1 Å². The minimum Gasteiger partial charge on any atom is -0.491 e. The number of benzene rings is 1. The lowest BCUT2D eigenvalue weighted by Crippen LogP contribution is -2.19. The number of nitrogens with one attached hydrogen (secondary N) is 2. The van der Waals surface area contributed by atoms with E-state index >= 15 is 0 Å². The number of hydrogen-bond acceptors (Lipinski definition) is 4. The van der Waals surface area contributed by atoms with E-state index in [4.69, 9.17) is 16.3 Å². The fraction of sp³-hybridized carbons (Fsp3) is 0.154. The van der Waals surface area contributed by atoms with E-state index < -0.39 is 5.69 Å². The fourth-order valence-electron chi connectivity index (χ4n) is 1.47. The van der Waals surface area contributed by atoms with Crippen LogP contribution in [0.2, 0.25) is 5.02 Å². The Morgan fingerprint density at radius 3 is 2.90 bits per heavy atom.